The van der Waals surface area contributed by atoms with E-state index in [2.05, 4.69) is 5.32 Å². The molecule has 0 aromatic heterocycles. The van der Waals surface area contributed by atoms with Gasteiger partial charge in [-0.05, 0) is 58.7 Å². The van der Waals surface area contributed by atoms with Gasteiger partial charge in [-0.3, -0.25) is 5.32 Å². The van der Waals surface area contributed by atoms with Crippen molar-refractivity contribution in [3.63, 3.8) is 0 Å². The van der Waals surface area contributed by atoms with Crippen molar-refractivity contribution in [2.45, 2.75) is 52.2 Å². The number of amides is 1. The van der Waals surface area contributed by atoms with E-state index in [4.69, 9.17) is 15.2 Å². The molecule has 0 unspecified atom stereocenters. The summed E-state index contributed by atoms with van der Waals surface area (Å²) in [5, 5.41) is 2.72. The number of hydrogen-bond acceptors (Lipinski definition) is 4. The molecule has 0 aliphatic carbocycles. The zero-order chi connectivity index (χ0) is 16.3. The summed E-state index contributed by atoms with van der Waals surface area (Å²) in [6.45, 7) is 9.36. The maximum Gasteiger partial charge on any atom is 0.412 e. The molecule has 1 aromatic rings. The highest BCUT2D eigenvalue weighted by Gasteiger charge is 2.18. The van der Waals surface area contributed by atoms with E-state index in [1.54, 1.807) is 7.11 Å². The molecule has 0 aliphatic rings. The molecule has 3 N–H and O–H groups in total. The first kappa shape index (κ1) is 17.3. The summed E-state index contributed by atoms with van der Waals surface area (Å²) in [6.07, 6.45) is 0.185. The maximum atomic E-state index is 11.9. The zero-order valence-corrected chi connectivity index (χ0v) is 13.7. The van der Waals surface area contributed by atoms with Crippen LogP contribution in [0, 0.1) is 0 Å². The second-order valence-corrected chi connectivity index (χ2v) is 6.83. The number of methoxy groups -OCH3 is 1. The van der Waals surface area contributed by atoms with Crippen LogP contribution in [0.5, 0.6) is 5.75 Å². The van der Waals surface area contributed by atoms with Crippen molar-refractivity contribution >= 4 is 11.8 Å². The minimum absolute atomic E-state index is 0.322. The molecular formula is C16H26N2O3. The highest BCUT2D eigenvalue weighted by Crippen LogP contribution is 2.27. The molecule has 21 heavy (non-hydrogen) atoms. The van der Waals surface area contributed by atoms with Crippen LogP contribution < -0.4 is 15.8 Å². The van der Waals surface area contributed by atoms with Crippen LogP contribution in [-0.2, 0) is 11.2 Å². The summed E-state index contributed by atoms with van der Waals surface area (Å²) in [5.41, 5.74) is 6.76. The van der Waals surface area contributed by atoms with Crippen LogP contribution in [0.4, 0.5) is 10.5 Å². The number of rotatable bonds is 4. The smallest absolute Gasteiger partial charge is 0.412 e. The molecular weight excluding hydrogens is 268 g/mol. The van der Waals surface area contributed by atoms with Gasteiger partial charge in [-0.25, -0.2) is 4.79 Å². The Morgan fingerprint density at radius 1 is 1.24 bits per heavy atom. The van der Waals surface area contributed by atoms with Crippen molar-refractivity contribution in [3.8, 4) is 5.75 Å². The van der Waals surface area contributed by atoms with Crippen LogP contribution in [0.15, 0.2) is 18.2 Å². The van der Waals surface area contributed by atoms with Crippen molar-refractivity contribution in [3.05, 3.63) is 23.8 Å². The van der Waals surface area contributed by atoms with Crippen LogP contribution >= 0.6 is 0 Å². The zero-order valence-electron chi connectivity index (χ0n) is 13.7. The van der Waals surface area contributed by atoms with Crippen molar-refractivity contribution in [1.82, 2.24) is 0 Å². The quantitative estimate of drug-likeness (QED) is 0.893. The molecule has 0 aliphatic heterocycles. The van der Waals surface area contributed by atoms with Gasteiger partial charge in [-0.15, -0.1) is 0 Å². The maximum absolute atomic E-state index is 11.9. The number of nitrogens with two attached hydrogens (primary N) is 1. The molecule has 5 nitrogen and oxygen atoms in total. The lowest BCUT2D eigenvalue weighted by Gasteiger charge is -2.21. The molecule has 0 bridgehead atoms. The third kappa shape index (κ3) is 6.49. The van der Waals surface area contributed by atoms with Gasteiger partial charge < -0.3 is 15.2 Å². The molecule has 0 radical (unpaired) electrons. The monoisotopic (exact) mass is 294 g/mol. The van der Waals surface area contributed by atoms with Crippen molar-refractivity contribution < 1.29 is 14.3 Å². The predicted octanol–water partition coefficient (Wildman–Crippen LogP) is 3.32. The van der Waals surface area contributed by atoms with E-state index in [-0.39, 0.29) is 5.54 Å². The number of ether oxygens (including phenoxy) is 2. The van der Waals surface area contributed by atoms with Crippen LogP contribution in [0.1, 0.15) is 40.2 Å². The van der Waals surface area contributed by atoms with E-state index in [1.807, 2.05) is 52.8 Å². The van der Waals surface area contributed by atoms with Gasteiger partial charge in [-0.1, -0.05) is 6.07 Å². The minimum atomic E-state index is -0.547. The Labute approximate surface area is 126 Å². The van der Waals surface area contributed by atoms with Gasteiger partial charge in [-0.2, -0.15) is 0 Å². The Bertz CT molecular complexity index is 499. The van der Waals surface area contributed by atoms with E-state index < -0.39 is 11.7 Å². The first-order valence-electron chi connectivity index (χ1n) is 6.96. The Morgan fingerprint density at radius 3 is 2.33 bits per heavy atom. The number of benzene rings is 1. The summed E-state index contributed by atoms with van der Waals surface area (Å²) in [4.78, 5) is 11.9. The van der Waals surface area contributed by atoms with E-state index in [9.17, 15) is 4.79 Å². The Morgan fingerprint density at radius 2 is 1.86 bits per heavy atom. The largest absolute Gasteiger partial charge is 0.495 e. The Balaban J connectivity index is 2.93. The van der Waals surface area contributed by atoms with Gasteiger partial charge in [0.05, 0.1) is 12.8 Å². The van der Waals surface area contributed by atoms with Gasteiger partial charge in [0.1, 0.15) is 11.4 Å². The number of anilines is 1. The molecule has 0 heterocycles. The number of hydrogen-bond donors (Lipinski definition) is 2. The average Bonchev–Trinajstić information content (AvgIpc) is 2.24. The molecule has 0 fully saturated rings. The summed E-state index contributed by atoms with van der Waals surface area (Å²) in [6, 6.07) is 5.61. The fourth-order valence-electron chi connectivity index (χ4n) is 1.90. The van der Waals surface area contributed by atoms with Gasteiger partial charge in [0.25, 0.3) is 0 Å². The van der Waals surface area contributed by atoms with Gasteiger partial charge >= 0.3 is 6.09 Å². The highest BCUT2D eigenvalue weighted by molar-refractivity contribution is 5.87. The Kier molecular flexibility index (Phi) is 5.23. The fraction of sp³-hybridized carbons (Fsp3) is 0.562. The first-order valence-corrected chi connectivity index (χ1v) is 6.96. The van der Waals surface area contributed by atoms with Crippen LogP contribution in [0.25, 0.3) is 0 Å². The molecule has 0 atom stereocenters. The van der Waals surface area contributed by atoms with E-state index in [0.29, 0.717) is 17.9 Å². The topological polar surface area (TPSA) is 73.6 Å². The summed E-state index contributed by atoms with van der Waals surface area (Å²) >= 11 is 0. The van der Waals surface area contributed by atoms with Gasteiger partial charge in [0.2, 0.25) is 0 Å². The molecule has 5 heteroatoms. The lowest BCUT2D eigenvalue weighted by atomic mass is 9.96. The second kappa shape index (κ2) is 6.35. The van der Waals surface area contributed by atoms with Gasteiger partial charge in [0, 0.05) is 5.54 Å². The van der Waals surface area contributed by atoms with Gasteiger partial charge in [0.15, 0.2) is 0 Å². The molecule has 1 aromatic carbocycles. The average molecular weight is 294 g/mol. The van der Waals surface area contributed by atoms with E-state index >= 15 is 0 Å². The molecule has 0 saturated carbocycles. The second-order valence-electron chi connectivity index (χ2n) is 6.83. The Hall–Kier alpha value is -1.75. The van der Waals surface area contributed by atoms with Crippen LogP contribution in [0.3, 0.4) is 0 Å². The molecule has 1 amide bonds. The minimum Gasteiger partial charge on any atom is -0.495 e. The third-order valence-electron chi connectivity index (χ3n) is 2.56. The van der Waals surface area contributed by atoms with Crippen molar-refractivity contribution in [2.24, 2.45) is 5.73 Å². The summed E-state index contributed by atoms with van der Waals surface area (Å²) in [7, 11) is 1.56. The van der Waals surface area contributed by atoms with Crippen molar-refractivity contribution in [2.75, 3.05) is 12.4 Å². The van der Waals surface area contributed by atoms with Crippen LogP contribution in [0.2, 0.25) is 0 Å². The molecule has 0 spiro atoms. The molecule has 118 valence electrons. The number of carbonyl (C=O) groups is 1. The fourth-order valence-corrected chi connectivity index (χ4v) is 1.90. The van der Waals surface area contributed by atoms with Crippen LogP contribution in [-0.4, -0.2) is 24.3 Å². The lowest BCUT2D eigenvalue weighted by Crippen LogP contribution is -2.34. The van der Waals surface area contributed by atoms with Crippen molar-refractivity contribution in [1.29, 1.82) is 0 Å². The predicted molar refractivity (Wildman–Crippen MR) is 84.8 cm³/mol. The summed E-state index contributed by atoms with van der Waals surface area (Å²) in [5.74, 6) is 0.583. The molecule has 1 rings (SSSR count). The summed E-state index contributed by atoms with van der Waals surface area (Å²) < 4.78 is 10.5. The molecule has 0 saturated heterocycles. The van der Waals surface area contributed by atoms with E-state index in [0.717, 1.165) is 5.56 Å². The third-order valence-corrected chi connectivity index (χ3v) is 2.56. The standard InChI is InChI=1S/C16H26N2O3/c1-15(2,3)21-14(19)18-12-9-11(10-16(4,5)17)7-8-13(12)20-6/h7-9H,10,17H2,1-6H3,(H,18,19). The van der Waals surface area contributed by atoms with E-state index in [1.165, 1.54) is 0 Å². The highest BCUT2D eigenvalue weighted by atomic mass is 16.6. The lowest BCUT2D eigenvalue weighted by molar-refractivity contribution is 0.0635. The SMILES string of the molecule is COc1ccc(CC(C)(C)N)cc1NC(=O)OC(C)(C)C. The first-order chi connectivity index (χ1) is 9.50. The number of carbonyl (C=O) groups excluding carboxylic acids is 1. The number of nitrogens with one attached hydrogen (secondary N) is 1. The normalized spacial score (nSPS) is 12.0.